The summed E-state index contributed by atoms with van der Waals surface area (Å²) in [5.74, 6) is 0.546. The Labute approximate surface area is 97.2 Å². The molecule has 0 aliphatic carbocycles. The summed E-state index contributed by atoms with van der Waals surface area (Å²) >= 11 is 5.58. The van der Waals surface area contributed by atoms with Gasteiger partial charge in [-0.3, -0.25) is 4.79 Å². The van der Waals surface area contributed by atoms with Gasteiger partial charge in [-0.05, 0) is 42.8 Å². The van der Waals surface area contributed by atoms with Gasteiger partial charge in [-0.15, -0.1) is 0 Å². The first-order chi connectivity index (χ1) is 7.66. The number of nitrogens with one attached hydrogen (secondary N) is 1. The maximum Gasteiger partial charge on any atom is 0.287 e. The van der Waals surface area contributed by atoms with Gasteiger partial charge in [-0.25, -0.2) is 0 Å². The average molecular weight is 240 g/mol. The summed E-state index contributed by atoms with van der Waals surface area (Å²) < 4.78 is 10.2. The number of hydrogen-bond acceptors (Lipinski definition) is 3. The molecule has 0 spiro atoms. The molecule has 2 rings (SSSR count). The molecular weight excluding hydrogens is 230 g/mol. The maximum atomic E-state index is 11.7. The van der Waals surface area contributed by atoms with Crippen molar-refractivity contribution in [2.24, 2.45) is 0 Å². The lowest BCUT2D eigenvalue weighted by molar-refractivity contribution is 0.0907. The first-order valence-corrected chi connectivity index (χ1v) is 5.14. The highest BCUT2D eigenvalue weighted by Crippen LogP contribution is 2.16. The van der Waals surface area contributed by atoms with Crippen LogP contribution in [0.4, 0.5) is 0 Å². The average Bonchev–Trinajstić information content (AvgIpc) is 2.87. The van der Waals surface area contributed by atoms with Crippen LogP contribution < -0.4 is 5.32 Å². The zero-order valence-electron chi connectivity index (χ0n) is 8.57. The van der Waals surface area contributed by atoms with E-state index in [2.05, 4.69) is 5.32 Å². The Morgan fingerprint density at radius 1 is 1.44 bits per heavy atom. The van der Waals surface area contributed by atoms with Gasteiger partial charge < -0.3 is 14.2 Å². The molecule has 0 aromatic carbocycles. The fourth-order valence-corrected chi connectivity index (χ4v) is 1.46. The van der Waals surface area contributed by atoms with Gasteiger partial charge in [-0.2, -0.15) is 0 Å². The van der Waals surface area contributed by atoms with Crippen molar-refractivity contribution >= 4 is 17.5 Å². The number of halogens is 1. The van der Waals surface area contributed by atoms with Gasteiger partial charge in [0, 0.05) is 0 Å². The molecule has 2 aromatic heterocycles. The molecule has 0 radical (unpaired) electrons. The largest absolute Gasteiger partial charge is 0.467 e. The molecule has 4 nitrogen and oxygen atoms in total. The van der Waals surface area contributed by atoms with E-state index in [1.165, 1.54) is 12.1 Å². The highest BCUT2D eigenvalue weighted by atomic mass is 35.5. The minimum Gasteiger partial charge on any atom is -0.467 e. The van der Waals surface area contributed by atoms with Crippen LogP contribution in [0.5, 0.6) is 0 Å². The molecule has 5 heteroatoms. The summed E-state index contributed by atoms with van der Waals surface area (Å²) in [4.78, 5) is 11.7. The summed E-state index contributed by atoms with van der Waals surface area (Å²) in [6.45, 7) is 1.82. The van der Waals surface area contributed by atoms with Crippen molar-refractivity contribution < 1.29 is 13.6 Å². The van der Waals surface area contributed by atoms with Crippen molar-refractivity contribution in [1.82, 2.24) is 5.32 Å². The van der Waals surface area contributed by atoms with Crippen LogP contribution in [0.15, 0.2) is 39.4 Å². The Morgan fingerprint density at radius 2 is 2.25 bits per heavy atom. The summed E-state index contributed by atoms with van der Waals surface area (Å²) in [5, 5.41) is 2.92. The molecule has 0 aliphatic rings. The fourth-order valence-electron chi connectivity index (χ4n) is 1.31. The van der Waals surface area contributed by atoms with E-state index in [4.69, 9.17) is 20.4 Å². The highest BCUT2D eigenvalue weighted by molar-refractivity contribution is 6.29. The molecule has 84 valence electrons. The third-order valence-corrected chi connectivity index (χ3v) is 2.32. The second kappa shape index (κ2) is 4.45. The van der Waals surface area contributed by atoms with Crippen molar-refractivity contribution in [1.29, 1.82) is 0 Å². The summed E-state index contributed by atoms with van der Waals surface area (Å²) in [6.07, 6.45) is 1.56. The molecule has 0 fully saturated rings. The summed E-state index contributed by atoms with van der Waals surface area (Å²) in [7, 11) is 0. The van der Waals surface area contributed by atoms with Gasteiger partial charge in [-0.1, -0.05) is 0 Å². The first kappa shape index (κ1) is 10.8. The fraction of sp³-hybridized carbons (Fsp3) is 0.182. The normalized spacial score (nSPS) is 12.4. The van der Waals surface area contributed by atoms with Crippen LogP contribution in [-0.2, 0) is 0 Å². The molecule has 0 saturated carbocycles. The van der Waals surface area contributed by atoms with E-state index in [0.717, 1.165) is 0 Å². The van der Waals surface area contributed by atoms with Crippen molar-refractivity contribution in [2.45, 2.75) is 13.0 Å². The van der Waals surface area contributed by atoms with Gasteiger partial charge in [0.1, 0.15) is 5.76 Å². The quantitative estimate of drug-likeness (QED) is 0.896. The third kappa shape index (κ3) is 2.28. The minimum absolute atomic E-state index is 0.184. The monoisotopic (exact) mass is 239 g/mol. The predicted octanol–water partition coefficient (Wildman–Crippen LogP) is 3.02. The van der Waals surface area contributed by atoms with Crippen molar-refractivity contribution in [2.75, 3.05) is 0 Å². The standard InChI is InChI=1S/C11H10ClNO3/c1-7(8-3-2-6-15-8)13-11(14)9-4-5-10(12)16-9/h2-7H,1H3,(H,13,14). The summed E-state index contributed by atoms with van der Waals surface area (Å²) in [6, 6.07) is 6.38. The van der Waals surface area contributed by atoms with E-state index >= 15 is 0 Å². The maximum absolute atomic E-state index is 11.7. The van der Waals surface area contributed by atoms with E-state index in [1.807, 2.05) is 6.92 Å². The SMILES string of the molecule is CC(NC(=O)c1ccc(Cl)o1)c1ccco1. The number of hydrogen-bond donors (Lipinski definition) is 1. The van der Waals surface area contributed by atoms with E-state index < -0.39 is 0 Å². The molecule has 0 saturated heterocycles. The van der Waals surface area contributed by atoms with Crippen LogP contribution in [0.3, 0.4) is 0 Å². The Balaban J connectivity index is 2.03. The molecule has 1 amide bonds. The van der Waals surface area contributed by atoms with E-state index in [1.54, 1.807) is 18.4 Å². The van der Waals surface area contributed by atoms with Crippen LogP contribution in [-0.4, -0.2) is 5.91 Å². The molecule has 1 N–H and O–H groups in total. The Bertz CT molecular complexity index is 475. The molecule has 1 unspecified atom stereocenters. The predicted molar refractivity (Wildman–Crippen MR) is 58.3 cm³/mol. The Hall–Kier alpha value is -1.68. The van der Waals surface area contributed by atoms with Crippen LogP contribution in [0.1, 0.15) is 29.3 Å². The molecule has 16 heavy (non-hydrogen) atoms. The second-order valence-corrected chi connectivity index (χ2v) is 3.69. The van der Waals surface area contributed by atoms with Crippen molar-refractivity contribution in [3.05, 3.63) is 47.3 Å². The van der Waals surface area contributed by atoms with Crippen LogP contribution in [0.25, 0.3) is 0 Å². The first-order valence-electron chi connectivity index (χ1n) is 4.76. The van der Waals surface area contributed by atoms with Gasteiger partial charge in [0.25, 0.3) is 5.91 Å². The zero-order valence-corrected chi connectivity index (χ0v) is 9.32. The lowest BCUT2D eigenvalue weighted by Gasteiger charge is -2.09. The Kier molecular flexibility index (Phi) is 3.01. The highest BCUT2D eigenvalue weighted by Gasteiger charge is 2.15. The molecule has 2 aromatic rings. The number of carbonyl (C=O) groups excluding carboxylic acids is 1. The number of furan rings is 2. The molecular formula is C11H10ClNO3. The zero-order chi connectivity index (χ0) is 11.5. The minimum atomic E-state index is -0.323. The van der Waals surface area contributed by atoms with Gasteiger partial charge in [0.05, 0.1) is 12.3 Å². The molecule has 2 heterocycles. The van der Waals surface area contributed by atoms with Gasteiger partial charge >= 0.3 is 0 Å². The van der Waals surface area contributed by atoms with E-state index in [0.29, 0.717) is 5.76 Å². The molecule has 0 aliphatic heterocycles. The van der Waals surface area contributed by atoms with Crippen LogP contribution in [0, 0.1) is 0 Å². The van der Waals surface area contributed by atoms with E-state index in [-0.39, 0.29) is 22.9 Å². The molecule has 0 bridgehead atoms. The second-order valence-electron chi connectivity index (χ2n) is 3.31. The van der Waals surface area contributed by atoms with Crippen molar-refractivity contribution in [3.8, 4) is 0 Å². The molecule has 1 atom stereocenters. The van der Waals surface area contributed by atoms with Gasteiger partial charge in [0.15, 0.2) is 11.0 Å². The lowest BCUT2D eigenvalue weighted by atomic mass is 10.2. The summed E-state index contributed by atoms with van der Waals surface area (Å²) in [5.41, 5.74) is 0. The number of amides is 1. The topological polar surface area (TPSA) is 55.4 Å². The smallest absolute Gasteiger partial charge is 0.287 e. The number of carbonyl (C=O) groups is 1. The van der Waals surface area contributed by atoms with Crippen LogP contribution >= 0.6 is 11.6 Å². The van der Waals surface area contributed by atoms with Crippen molar-refractivity contribution in [3.63, 3.8) is 0 Å². The van der Waals surface area contributed by atoms with Crippen LogP contribution in [0.2, 0.25) is 5.22 Å². The van der Waals surface area contributed by atoms with E-state index in [9.17, 15) is 4.79 Å². The number of rotatable bonds is 3. The third-order valence-electron chi connectivity index (χ3n) is 2.11. The van der Waals surface area contributed by atoms with Gasteiger partial charge in [0.2, 0.25) is 0 Å². The lowest BCUT2D eigenvalue weighted by Crippen LogP contribution is -2.25. The Morgan fingerprint density at radius 3 is 2.81 bits per heavy atom.